The van der Waals surface area contributed by atoms with Gasteiger partial charge in [-0.25, -0.2) is 0 Å². The highest BCUT2D eigenvalue weighted by atomic mass is 16.2. The number of amides is 2. The summed E-state index contributed by atoms with van der Waals surface area (Å²) >= 11 is 0. The molecule has 1 saturated heterocycles. The summed E-state index contributed by atoms with van der Waals surface area (Å²) in [5.74, 6) is 0.892. The van der Waals surface area contributed by atoms with Gasteiger partial charge in [0.15, 0.2) is 0 Å². The molecule has 0 aromatic carbocycles. The second-order valence-corrected chi connectivity index (χ2v) is 5.93. The topological polar surface area (TPSA) is 40.6 Å². The van der Waals surface area contributed by atoms with Crippen molar-refractivity contribution in [3.05, 3.63) is 0 Å². The zero-order valence-electron chi connectivity index (χ0n) is 12.3. The number of nitrogens with zero attached hydrogens (tertiary/aromatic N) is 2. The van der Waals surface area contributed by atoms with E-state index in [9.17, 15) is 9.59 Å². The van der Waals surface area contributed by atoms with Crippen LogP contribution in [0.1, 0.15) is 41.0 Å². The zero-order chi connectivity index (χ0) is 13.9. The molecule has 1 rings (SSSR count). The van der Waals surface area contributed by atoms with E-state index < -0.39 is 0 Å². The first-order chi connectivity index (χ1) is 8.32. The van der Waals surface area contributed by atoms with Gasteiger partial charge in [0.05, 0.1) is 0 Å². The van der Waals surface area contributed by atoms with Crippen LogP contribution in [0.3, 0.4) is 0 Å². The molecule has 18 heavy (non-hydrogen) atoms. The van der Waals surface area contributed by atoms with Gasteiger partial charge in [-0.1, -0.05) is 27.7 Å². The molecule has 2 amide bonds. The number of hydrogen-bond acceptors (Lipinski definition) is 2. The van der Waals surface area contributed by atoms with Crippen molar-refractivity contribution in [3.8, 4) is 0 Å². The smallest absolute Gasteiger partial charge is 0.225 e. The van der Waals surface area contributed by atoms with Gasteiger partial charge in [0.1, 0.15) is 0 Å². The van der Waals surface area contributed by atoms with E-state index in [2.05, 4.69) is 13.8 Å². The second-order valence-electron chi connectivity index (χ2n) is 5.93. The Labute approximate surface area is 110 Å². The molecule has 0 spiro atoms. The lowest BCUT2D eigenvalue weighted by Gasteiger charge is -2.42. The van der Waals surface area contributed by atoms with Crippen LogP contribution in [0.5, 0.6) is 0 Å². The fourth-order valence-electron chi connectivity index (χ4n) is 2.58. The first kappa shape index (κ1) is 15.0. The highest BCUT2D eigenvalue weighted by molar-refractivity contribution is 5.79. The van der Waals surface area contributed by atoms with Gasteiger partial charge in [-0.2, -0.15) is 0 Å². The van der Waals surface area contributed by atoms with Gasteiger partial charge >= 0.3 is 0 Å². The molecule has 4 heteroatoms. The standard InChI is InChI=1S/C14H26N2O2/c1-10(2)8-13-9-15(14(18)11(3)4)6-7-16(13)12(5)17/h10-11,13H,6-9H2,1-5H3/t13-/m0/s1. The van der Waals surface area contributed by atoms with E-state index in [1.165, 1.54) is 0 Å². The van der Waals surface area contributed by atoms with Gasteiger partial charge in [-0.3, -0.25) is 9.59 Å². The van der Waals surface area contributed by atoms with Crippen LogP contribution in [-0.4, -0.2) is 47.3 Å². The quantitative estimate of drug-likeness (QED) is 0.770. The average Bonchev–Trinajstić information content (AvgIpc) is 2.26. The van der Waals surface area contributed by atoms with E-state index in [1.807, 2.05) is 23.6 Å². The maximum absolute atomic E-state index is 12.0. The Balaban J connectivity index is 2.72. The summed E-state index contributed by atoms with van der Waals surface area (Å²) < 4.78 is 0. The van der Waals surface area contributed by atoms with Crippen LogP contribution in [0.2, 0.25) is 0 Å². The molecule has 0 aliphatic carbocycles. The Bertz CT molecular complexity index is 313. The van der Waals surface area contributed by atoms with Crippen molar-refractivity contribution in [2.45, 2.75) is 47.1 Å². The van der Waals surface area contributed by atoms with Crippen LogP contribution in [0.4, 0.5) is 0 Å². The van der Waals surface area contributed by atoms with Crippen molar-refractivity contribution in [1.82, 2.24) is 9.80 Å². The Morgan fingerprint density at radius 1 is 1.17 bits per heavy atom. The van der Waals surface area contributed by atoms with E-state index >= 15 is 0 Å². The van der Waals surface area contributed by atoms with Gasteiger partial charge < -0.3 is 9.80 Å². The van der Waals surface area contributed by atoms with Crippen LogP contribution in [-0.2, 0) is 9.59 Å². The van der Waals surface area contributed by atoms with Gasteiger partial charge in [-0.05, 0) is 12.3 Å². The first-order valence-electron chi connectivity index (χ1n) is 6.89. The van der Waals surface area contributed by atoms with Crippen LogP contribution in [0.15, 0.2) is 0 Å². The summed E-state index contributed by atoms with van der Waals surface area (Å²) in [5, 5.41) is 0. The largest absolute Gasteiger partial charge is 0.339 e. The molecule has 0 aromatic heterocycles. The van der Waals surface area contributed by atoms with E-state index in [0.717, 1.165) is 6.42 Å². The highest BCUT2D eigenvalue weighted by Gasteiger charge is 2.31. The highest BCUT2D eigenvalue weighted by Crippen LogP contribution is 2.18. The molecule has 1 aliphatic rings. The summed E-state index contributed by atoms with van der Waals surface area (Å²) in [6, 6.07) is 0.180. The van der Waals surface area contributed by atoms with E-state index in [4.69, 9.17) is 0 Å². The Kier molecular flexibility index (Phi) is 5.17. The van der Waals surface area contributed by atoms with Crippen molar-refractivity contribution in [3.63, 3.8) is 0 Å². The molecule has 1 fully saturated rings. The molecule has 4 nitrogen and oxygen atoms in total. The molecular weight excluding hydrogens is 228 g/mol. The van der Waals surface area contributed by atoms with Crippen molar-refractivity contribution >= 4 is 11.8 Å². The van der Waals surface area contributed by atoms with E-state index in [1.54, 1.807) is 6.92 Å². The number of carbonyl (C=O) groups excluding carboxylic acids is 2. The normalized spacial score (nSPS) is 20.7. The van der Waals surface area contributed by atoms with Crippen molar-refractivity contribution in [2.75, 3.05) is 19.6 Å². The summed E-state index contributed by atoms with van der Waals surface area (Å²) in [6.07, 6.45) is 0.960. The Morgan fingerprint density at radius 3 is 2.22 bits per heavy atom. The lowest BCUT2D eigenvalue weighted by molar-refractivity contribution is -0.144. The number of piperazine rings is 1. The molecule has 1 aliphatic heterocycles. The molecule has 0 bridgehead atoms. The van der Waals surface area contributed by atoms with Crippen LogP contribution < -0.4 is 0 Å². The van der Waals surface area contributed by atoms with Gasteiger partial charge in [0, 0.05) is 38.5 Å². The fraction of sp³-hybridized carbons (Fsp3) is 0.857. The number of carbonyl (C=O) groups is 2. The zero-order valence-corrected chi connectivity index (χ0v) is 12.3. The minimum Gasteiger partial charge on any atom is -0.339 e. The van der Waals surface area contributed by atoms with Gasteiger partial charge in [0.2, 0.25) is 11.8 Å². The first-order valence-corrected chi connectivity index (χ1v) is 6.89. The summed E-state index contributed by atoms with van der Waals surface area (Å²) in [4.78, 5) is 27.5. The predicted molar refractivity (Wildman–Crippen MR) is 72.0 cm³/mol. The van der Waals surface area contributed by atoms with Gasteiger partial charge in [-0.15, -0.1) is 0 Å². The molecule has 0 radical (unpaired) electrons. The van der Waals surface area contributed by atoms with Crippen molar-refractivity contribution in [1.29, 1.82) is 0 Å². The average molecular weight is 254 g/mol. The fourth-order valence-corrected chi connectivity index (χ4v) is 2.58. The molecule has 1 atom stereocenters. The van der Waals surface area contributed by atoms with Crippen molar-refractivity contribution in [2.24, 2.45) is 11.8 Å². The minimum atomic E-state index is 0.0357. The molecule has 0 N–H and O–H groups in total. The SMILES string of the molecule is CC(=O)N1CCN(C(=O)C(C)C)C[C@@H]1CC(C)C. The maximum Gasteiger partial charge on any atom is 0.225 e. The second kappa shape index (κ2) is 6.21. The number of rotatable bonds is 3. The molecule has 0 unspecified atom stereocenters. The van der Waals surface area contributed by atoms with E-state index in [0.29, 0.717) is 25.6 Å². The summed E-state index contributed by atoms with van der Waals surface area (Å²) in [6.45, 7) is 11.8. The Hall–Kier alpha value is -1.06. The molecular formula is C14H26N2O2. The van der Waals surface area contributed by atoms with Gasteiger partial charge in [0.25, 0.3) is 0 Å². The third-order valence-electron chi connectivity index (χ3n) is 3.44. The van der Waals surface area contributed by atoms with Crippen LogP contribution >= 0.6 is 0 Å². The molecule has 104 valence electrons. The maximum atomic E-state index is 12.0. The molecule has 0 aromatic rings. The Morgan fingerprint density at radius 2 is 1.78 bits per heavy atom. The lowest BCUT2D eigenvalue weighted by Crippen LogP contribution is -2.57. The minimum absolute atomic E-state index is 0.0357. The lowest BCUT2D eigenvalue weighted by atomic mass is 9.99. The predicted octanol–water partition coefficient (Wildman–Crippen LogP) is 1.75. The number of hydrogen-bond donors (Lipinski definition) is 0. The monoisotopic (exact) mass is 254 g/mol. The van der Waals surface area contributed by atoms with Crippen LogP contribution in [0, 0.1) is 11.8 Å². The van der Waals surface area contributed by atoms with E-state index in [-0.39, 0.29) is 23.8 Å². The van der Waals surface area contributed by atoms with Crippen LogP contribution in [0.25, 0.3) is 0 Å². The third kappa shape index (κ3) is 3.72. The summed E-state index contributed by atoms with van der Waals surface area (Å²) in [7, 11) is 0. The third-order valence-corrected chi connectivity index (χ3v) is 3.44. The van der Waals surface area contributed by atoms with Crippen molar-refractivity contribution < 1.29 is 9.59 Å². The molecule has 1 heterocycles. The summed E-state index contributed by atoms with van der Waals surface area (Å²) in [5.41, 5.74) is 0. The molecule has 0 saturated carbocycles.